The molecule has 0 spiro atoms. The summed E-state index contributed by atoms with van der Waals surface area (Å²) in [6, 6.07) is 0.470. The normalized spacial score (nSPS) is 50.3. The third kappa shape index (κ3) is 3.13. The third-order valence-corrected chi connectivity index (χ3v) is 9.07. The molecule has 4 rings (SSSR count). The standard InChI is InChI=1S/C20H33NOS.C2H7N/c1-12-9-16-20(3,8-6-17(22)21(16)4)14-5-7-19(2)11-13(23)10-15(19)18(12)14;1-3-2/h12-16,18,23H,5-11H2,1-4H3;3H,1-2H3/t12?,13-,14?,15?,16?,18?,19+,20+;/m0./s1. The van der Waals surface area contributed by atoms with Crippen molar-refractivity contribution < 1.29 is 4.79 Å². The number of nitrogens with zero attached hydrogens (tertiary/aromatic N) is 1. The lowest BCUT2D eigenvalue weighted by Crippen LogP contribution is -2.62. The molecule has 0 aromatic heterocycles. The predicted molar refractivity (Wildman–Crippen MR) is 112 cm³/mol. The van der Waals surface area contributed by atoms with Crippen LogP contribution in [0.1, 0.15) is 65.7 Å². The van der Waals surface area contributed by atoms with Crippen molar-refractivity contribution in [2.24, 2.45) is 34.5 Å². The molecule has 26 heavy (non-hydrogen) atoms. The van der Waals surface area contributed by atoms with Crippen LogP contribution in [0.25, 0.3) is 0 Å². The van der Waals surface area contributed by atoms with Crippen molar-refractivity contribution >= 4 is 18.5 Å². The van der Waals surface area contributed by atoms with Crippen LogP contribution in [0.3, 0.4) is 0 Å². The SMILES string of the molecule is CC1CC2N(C)C(=O)CC[C@]2(C)C2CC[C@]3(C)C[C@@H](S)CC3C12.CNC. The maximum Gasteiger partial charge on any atom is 0.222 e. The molecule has 8 atom stereocenters. The van der Waals surface area contributed by atoms with Crippen molar-refractivity contribution in [3.63, 3.8) is 0 Å². The van der Waals surface area contributed by atoms with E-state index < -0.39 is 0 Å². The molecule has 4 aliphatic rings. The van der Waals surface area contributed by atoms with Gasteiger partial charge in [-0.3, -0.25) is 4.79 Å². The molecule has 0 bridgehead atoms. The summed E-state index contributed by atoms with van der Waals surface area (Å²) in [5.74, 6) is 3.64. The summed E-state index contributed by atoms with van der Waals surface area (Å²) in [4.78, 5) is 14.4. The monoisotopic (exact) mass is 380 g/mol. The fourth-order valence-corrected chi connectivity index (χ4v) is 8.13. The molecule has 1 aliphatic heterocycles. The maximum atomic E-state index is 12.3. The molecule has 150 valence electrons. The highest BCUT2D eigenvalue weighted by Gasteiger charge is 2.61. The van der Waals surface area contributed by atoms with Gasteiger partial charge in [0.15, 0.2) is 0 Å². The lowest BCUT2D eigenvalue weighted by Gasteiger charge is -2.63. The molecule has 0 aromatic rings. The predicted octanol–water partition coefficient (Wildman–Crippen LogP) is 4.23. The van der Waals surface area contributed by atoms with Crippen LogP contribution in [0, 0.1) is 34.5 Å². The number of nitrogens with one attached hydrogen (secondary N) is 1. The zero-order valence-corrected chi connectivity index (χ0v) is 18.6. The zero-order valence-electron chi connectivity index (χ0n) is 17.7. The maximum absolute atomic E-state index is 12.3. The highest BCUT2D eigenvalue weighted by Crippen LogP contribution is 2.66. The molecular weight excluding hydrogens is 340 g/mol. The van der Waals surface area contributed by atoms with E-state index in [1.165, 1.54) is 32.1 Å². The van der Waals surface area contributed by atoms with E-state index in [0.717, 1.165) is 36.5 Å². The molecule has 5 unspecified atom stereocenters. The number of carbonyl (C=O) groups is 1. The van der Waals surface area contributed by atoms with Crippen LogP contribution in [-0.2, 0) is 4.79 Å². The zero-order chi connectivity index (χ0) is 19.3. The smallest absolute Gasteiger partial charge is 0.222 e. The lowest BCUT2D eigenvalue weighted by molar-refractivity contribution is -0.164. The van der Waals surface area contributed by atoms with Crippen LogP contribution in [0.4, 0.5) is 0 Å². The van der Waals surface area contributed by atoms with Gasteiger partial charge in [0, 0.05) is 24.8 Å². The number of carbonyl (C=O) groups excluding carboxylic acids is 1. The Balaban J connectivity index is 0.000000613. The van der Waals surface area contributed by atoms with Gasteiger partial charge in [0.25, 0.3) is 0 Å². The molecule has 0 aromatic carbocycles. The summed E-state index contributed by atoms with van der Waals surface area (Å²) in [6.45, 7) is 7.53. The first-order chi connectivity index (χ1) is 12.2. The van der Waals surface area contributed by atoms with E-state index in [2.05, 4.69) is 38.0 Å². The molecule has 3 aliphatic carbocycles. The number of likely N-dealkylation sites (tertiary alicyclic amines) is 1. The Bertz CT molecular complexity index is 540. The van der Waals surface area contributed by atoms with Gasteiger partial charge in [0.2, 0.25) is 5.91 Å². The van der Waals surface area contributed by atoms with Crippen LogP contribution in [-0.4, -0.2) is 43.2 Å². The Morgan fingerprint density at radius 2 is 1.81 bits per heavy atom. The number of hydrogen-bond acceptors (Lipinski definition) is 3. The molecule has 4 fully saturated rings. The summed E-state index contributed by atoms with van der Waals surface area (Å²) >= 11 is 4.87. The van der Waals surface area contributed by atoms with Crippen molar-refractivity contribution in [3.8, 4) is 0 Å². The van der Waals surface area contributed by atoms with Crippen molar-refractivity contribution in [2.75, 3.05) is 21.1 Å². The number of rotatable bonds is 0. The lowest BCUT2D eigenvalue weighted by atomic mass is 9.45. The van der Waals surface area contributed by atoms with E-state index in [1.54, 1.807) is 0 Å². The number of hydrogen-bond donors (Lipinski definition) is 2. The number of thiol groups is 1. The first-order valence-corrected chi connectivity index (χ1v) is 11.2. The van der Waals surface area contributed by atoms with E-state index in [-0.39, 0.29) is 0 Å². The van der Waals surface area contributed by atoms with Crippen LogP contribution in [0.5, 0.6) is 0 Å². The summed E-state index contributed by atoms with van der Waals surface area (Å²) in [7, 11) is 5.81. The first kappa shape index (κ1) is 20.5. The Hall–Kier alpha value is -0.220. The second-order valence-electron chi connectivity index (χ2n) is 10.3. The fraction of sp³-hybridized carbons (Fsp3) is 0.955. The van der Waals surface area contributed by atoms with Crippen LogP contribution >= 0.6 is 12.6 Å². The van der Waals surface area contributed by atoms with Gasteiger partial charge in [-0.25, -0.2) is 0 Å². The minimum atomic E-state index is 0.343. The highest BCUT2D eigenvalue weighted by atomic mass is 32.1. The molecular formula is C22H40N2OS. The largest absolute Gasteiger partial charge is 0.342 e. The van der Waals surface area contributed by atoms with Crippen LogP contribution in [0.15, 0.2) is 0 Å². The van der Waals surface area contributed by atoms with Gasteiger partial charge < -0.3 is 10.2 Å². The summed E-state index contributed by atoms with van der Waals surface area (Å²) < 4.78 is 0. The van der Waals surface area contributed by atoms with E-state index in [4.69, 9.17) is 12.6 Å². The Labute approximate surface area is 166 Å². The molecule has 1 N–H and O–H groups in total. The number of piperidine rings is 1. The molecule has 1 heterocycles. The third-order valence-electron chi connectivity index (χ3n) is 8.68. The van der Waals surface area contributed by atoms with Gasteiger partial charge in [-0.15, -0.1) is 0 Å². The summed E-state index contributed by atoms with van der Waals surface area (Å²) in [5, 5.41) is 3.36. The summed E-state index contributed by atoms with van der Waals surface area (Å²) in [5.41, 5.74) is 0.872. The highest BCUT2D eigenvalue weighted by molar-refractivity contribution is 7.81. The minimum absolute atomic E-state index is 0.343. The average Bonchev–Trinajstić information content (AvgIpc) is 2.88. The summed E-state index contributed by atoms with van der Waals surface area (Å²) in [6.07, 6.45) is 8.47. The average molecular weight is 381 g/mol. The molecule has 1 saturated heterocycles. The number of fused-ring (bicyclic) bond motifs is 5. The van der Waals surface area contributed by atoms with Gasteiger partial charge in [-0.2, -0.15) is 12.6 Å². The van der Waals surface area contributed by atoms with Gasteiger partial charge in [0.1, 0.15) is 0 Å². The van der Waals surface area contributed by atoms with Crippen LogP contribution < -0.4 is 5.32 Å². The fourth-order valence-electron chi connectivity index (χ4n) is 7.49. The van der Waals surface area contributed by atoms with E-state index >= 15 is 0 Å². The number of amides is 1. The van der Waals surface area contributed by atoms with Gasteiger partial charge in [-0.1, -0.05) is 20.8 Å². The van der Waals surface area contributed by atoms with Gasteiger partial charge >= 0.3 is 0 Å². The van der Waals surface area contributed by atoms with E-state index in [1.807, 2.05) is 14.1 Å². The van der Waals surface area contributed by atoms with Crippen molar-refractivity contribution in [1.29, 1.82) is 0 Å². The second kappa shape index (κ2) is 7.31. The van der Waals surface area contributed by atoms with Gasteiger partial charge in [0.05, 0.1) is 0 Å². The van der Waals surface area contributed by atoms with Crippen LogP contribution in [0.2, 0.25) is 0 Å². The first-order valence-electron chi connectivity index (χ1n) is 10.7. The van der Waals surface area contributed by atoms with Crippen molar-refractivity contribution in [1.82, 2.24) is 10.2 Å². The minimum Gasteiger partial charge on any atom is -0.342 e. The Kier molecular flexibility index (Phi) is 5.77. The molecule has 0 radical (unpaired) electrons. The molecule has 4 heteroatoms. The van der Waals surface area contributed by atoms with Gasteiger partial charge in [-0.05, 0) is 87.1 Å². The van der Waals surface area contributed by atoms with E-state index in [9.17, 15) is 4.79 Å². The Morgan fingerprint density at radius 3 is 2.46 bits per heavy atom. The van der Waals surface area contributed by atoms with Crippen molar-refractivity contribution in [3.05, 3.63) is 0 Å². The topological polar surface area (TPSA) is 32.3 Å². The second-order valence-corrected chi connectivity index (χ2v) is 11.0. The van der Waals surface area contributed by atoms with E-state index in [0.29, 0.717) is 28.0 Å². The molecule has 3 saturated carbocycles. The molecule has 3 nitrogen and oxygen atoms in total. The quantitative estimate of drug-likeness (QED) is 0.617. The Morgan fingerprint density at radius 1 is 1.15 bits per heavy atom. The molecule has 1 amide bonds. The van der Waals surface area contributed by atoms with Crippen molar-refractivity contribution in [2.45, 2.75) is 77.0 Å².